The Morgan fingerprint density at radius 2 is 2.06 bits per heavy atom. The van der Waals surface area contributed by atoms with Crippen molar-refractivity contribution in [3.05, 3.63) is 0 Å². The van der Waals surface area contributed by atoms with Gasteiger partial charge in [0.2, 0.25) is 5.91 Å². The van der Waals surface area contributed by atoms with E-state index in [9.17, 15) is 4.79 Å². The molecule has 1 amide bonds. The fourth-order valence-corrected chi connectivity index (χ4v) is 4.97. The Morgan fingerprint density at radius 3 is 2.83 bits per heavy atom. The third kappa shape index (κ3) is 1.97. The molecule has 3 nitrogen and oxygen atoms in total. The van der Waals surface area contributed by atoms with Crippen molar-refractivity contribution in [2.75, 3.05) is 0 Å². The second kappa shape index (κ2) is 4.84. The summed E-state index contributed by atoms with van der Waals surface area (Å²) in [5, 5.41) is 3.24. The predicted molar refractivity (Wildman–Crippen MR) is 71.9 cm³/mol. The van der Waals surface area contributed by atoms with Crippen LogP contribution in [0.2, 0.25) is 0 Å². The zero-order valence-electron chi connectivity index (χ0n) is 11.4. The molecule has 3 N–H and O–H groups in total. The highest BCUT2D eigenvalue weighted by molar-refractivity contribution is 5.81. The van der Waals surface area contributed by atoms with Crippen LogP contribution in [-0.4, -0.2) is 18.0 Å². The normalized spacial score (nSPS) is 42.9. The van der Waals surface area contributed by atoms with E-state index in [2.05, 4.69) is 12.2 Å². The van der Waals surface area contributed by atoms with Crippen molar-refractivity contribution in [2.24, 2.45) is 29.4 Å². The number of hydrogen-bond acceptors (Lipinski definition) is 2. The van der Waals surface area contributed by atoms with Gasteiger partial charge < -0.3 is 11.1 Å². The molecule has 3 saturated carbocycles. The van der Waals surface area contributed by atoms with E-state index in [0.717, 1.165) is 36.5 Å². The van der Waals surface area contributed by atoms with Crippen LogP contribution in [0.1, 0.15) is 51.9 Å². The highest BCUT2D eigenvalue weighted by atomic mass is 16.2. The van der Waals surface area contributed by atoms with Gasteiger partial charge in [-0.2, -0.15) is 0 Å². The standard InChI is InChI=1S/C15H26N2O/c1-2-4-13(16)15(18)17-14-8-9-7-12(14)11-6-3-5-10(9)11/h9-14H,2-8,16H2,1H3,(H,17,18)/t9?,10?,11?,12?,13-,14?/m1/s1. The molecular weight excluding hydrogens is 224 g/mol. The van der Waals surface area contributed by atoms with Crippen LogP contribution in [0.25, 0.3) is 0 Å². The molecule has 2 bridgehead atoms. The Morgan fingerprint density at radius 1 is 1.28 bits per heavy atom. The molecule has 0 aliphatic heterocycles. The lowest BCUT2D eigenvalue weighted by Gasteiger charge is -2.32. The summed E-state index contributed by atoms with van der Waals surface area (Å²) < 4.78 is 0. The Labute approximate surface area is 110 Å². The maximum absolute atomic E-state index is 12.0. The SMILES string of the molecule is CCC[C@@H](N)C(=O)NC1CC2CC1C1CCCC21. The van der Waals surface area contributed by atoms with E-state index in [4.69, 9.17) is 5.73 Å². The Bertz CT molecular complexity index is 330. The van der Waals surface area contributed by atoms with E-state index in [1.807, 2.05) is 0 Å². The van der Waals surface area contributed by atoms with Gasteiger partial charge in [-0.15, -0.1) is 0 Å². The lowest BCUT2D eigenvalue weighted by molar-refractivity contribution is -0.123. The average molecular weight is 250 g/mol. The molecule has 18 heavy (non-hydrogen) atoms. The lowest BCUT2D eigenvalue weighted by atomic mass is 9.79. The summed E-state index contributed by atoms with van der Waals surface area (Å²) in [6, 6.07) is 0.137. The maximum Gasteiger partial charge on any atom is 0.237 e. The van der Waals surface area contributed by atoms with E-state index in [0.29, 0.717) is 6.04 Å². The molecule has 3 rings (SSSR count). The number of rotatable bonds is 4. The van der Waals surface area contributed by atoms with Crippen LogP contribution in [0.5, 0.6) is 0 Å². The van der Waals surface area contributed by atoms with Crippen LogP contribution in [0, 0.1) is 23.7 Å². The second-order valence-corrected chi connectivity index (χ2v) is 6.66. The molecule has 0 radical (unpaired) electrons. The zero-order valence-corrected chi connectivity index (χ0v) is 11.4. The molecule has 3 heteroatoms. The highest BCUT2D eigenvalue weighted by Gasteiger charge is 2.54. The first-order chi connectivity index (χ1) is 8.70. The summed E-state index contributed by atoms with van der Waals surface area (Å²) >= 11 is 0. The van der Waals surface area contributed by atoms with Crippen LogP contribution >= 0.6 is 0 Å². The van der Waals surface area contributed by atoms with E-state index >= 15 is 0 Å². The van der Waals surface area contributed by atoms with Crippen LogP contribution in [-0.2, 0) is 4.79 Å². The van der Waals surface area contributed by atoms with Crippen LogP contribution in [0.15, 0.2) is 0 Å². The number of amides is 1. The second-order valence-electron chi connectivity index (χ2n) is 6.66. The van der Waals surface area contributed by atoms with Gasteiger partial charge in [0.15, 0.2) is 0 Å². The number of carbonyl (C=O) groups is 1. The molecule has 5 unspecified atom stereocenters. The summed E-state index contributed by atoms with van der Waals surface area (Å²) in [4.78, 5) is 12.0. The highest BCUT2D eigenvalue weighted by Crippen LogP contribution is 2.58. The van der Waals surface area contributed by atoms with Crippen molar-refractivity contribution in [3.8, 4) is 0 Å². The van der Waals surface area contributed by atoms with Gasteiger partial charge in [-0.1, -0.05) is 19.8 Å². The molecule has 3 aliphatic rings. The van der Waals surface area contributed by atoms with Gasteiger partial charge in [-0.3, -0.25) is 4.79 Å². The van der Waals surface area contributed by atoms with Crippen molar-refractivity contribution in [1.29, 1.82) is 0 Å². The van der Waals surface area contributed by atoms with Crippen LogP contribution in [0.3, 0.4) is 0 Å². The largest absolute Gasteiger partial charge is 0.352 e. The topological polar surface area (TPSA) is 55.1 Å². The van der Waals surface area contributed by atoms with Gasteiger partial charge in [0.25, 0.3) is 0 Å². The average Bonchev–Trinajstić information content (AvgIpc) is 3.00. The Balaban J connectivity index is 1.58. The summed E-state index contributed by atoms with van der Waals surface area (Å²) in [6.07, 6.45) is 8.63. The lowest BCUT2D eigenvalue weighted by Crippen LogP contribution is -2.48. The maximum atomic E-state index is 12.0. The van der Waals surface area contributed by atoms with Crippen molar-refractivity contribution >= 4 is 5.91 Å². The van der Waals surface area contributed by atoms with Crippen LogP contribution < -0.4 is 11.1 Å². The molecule has 0 aromatic heterocycles. The molecular formula is C15H26N2O. The molecule has 0 heterocycles. The van der Waals surface area contributed by atoms with Gasteiger partial charge in [0.1, 0.15) is 0 Å². The summed E-state index contributed by atoms with van der Waals surface area (Å²) in [5.74, 6) is 3.66. The molecule has 102 valence electrons. The third-order valence-corrected chi connectivity index (χ3v) is 5.69. The van der Waals surface area contributed by atoms with Gasteiger partial charge in [-0.05, 0) is 55.8 Å². The third-order valence-electron chi connectivity index (χ3n) is 5.69. The minimum absolute atomic E-state index is 0.0870. The van der Waals surface area contributed by atoms with Crippen LogP contribution in [0.4, 0.5) is 0 Å². The van der Waals surface area contributed by atoms with Gasteiger partial charge in [-0.25, -0.2) is 0 Å². The van der Waals surface area contributed by atoms with E-state index in [1.54, 1.807) is 0 Å². The van der Waals surface area contributed by atoms with Crippen molar-refractivity contribution in [2.45, 2.75) is 64.0 Å². The smallest absolute Gasteiger partial charge is 0.237 e. The molecule has 0 aromatic rings. The fourth-order valence-electron chi connectivity index (χ4n) is 4.97. The number of fused-ring (bicyclic) bond motifs is 5. The molecule has 6 atom stereocenters. The number of nitrogens with one attached hydrogen (secondary N) is 1. The minimum Gasteiger partial charge on any atom is -0.352 e. The fraction of sp³-hybridized carbons (Fsp3) is 0.933. The van der Waals surface area contributed by atoms with Crippen molar-refractivity contribution in [3.63, 3.8) is 0 Å². The molecule has 0 aromatic carbocycles. The first-order valence-electron chi connectivity index (χ1n) is 7.76. The number of hydrogen-bond donors (Lipinski definition) is 2. The number of nitrogens with two attached hydrogens (primary N) is 1. The zero-order chi connectivity index (χ0) is 12.7. The van der Waals surface area contributed by atoms with E-state index < -0.39 is 0 Å². The van der Waals surface area contributed by atoms with E-state index in [-0.39, 0.29) is 11.9 Å². The molecule has 3 fully saturated rings. The predicted octanol–water partition coefficient (Wildman–Crippen LogP) is 2.05. The van der Waals surface area contributed by atoms with Gasteiger partial charge in [0.05, 0.1) is 6.04 Å². The summed E-state index contributed by atoms with van der Waals surface area (Å²) in [7, 11) is 0. The quantitative estimate of drug-likeness (QED) is 0.802. The van der Waals surface area contributed by atoms with Gasteiger partial charge >= 0.3 is 0 Å². The first kappa shape index (κ1) is 12.5. The molecule has 0 saturated heterocycles. The Kier molecular flexibility index (Phi) is 3.35. The van der Waals surface area contributed by atoms with Crippen molar-refractivity contribution < 1.29 is 4.79 Å². The summed E-state index contributed by atoms with van der Waals surface area (Å²) in [5.41, 5.74) is 5.90. The minimum atomic E-state index is -0.298. The number of carbonyl (C=O) groups excluding carboxylic acids is 1. The molecule has 3 aliphatic carbocycles. The Hall–Kier alpha value is -0.570. The first-order valence-corrected chi connectivity index (χ1v) is 7.76. The van der Waals surface area contributed by atoms with Crippen molar-refractivity contribution in [1.82, 2.24) is 5.32 Å². The van der Waals surface area contributed by atoms with E-state index in [1.165, 1.54) is 32.1 Å². The molecule has 0 spiro atoms. The monoisotopic (exact) mass is 250 g/mol. The van der Waals surface area contributed by atoms with Gasteiger partial charge in [0, 0.05) is 6.04 Å². The summed E-state index contributed by atoms with van der Waals surface area (Å²) in [6.45, 7) is 2.08.